The Kier molecular flexibility index (Phi) is 3.34. The molecule has 0 saturated heterocycles. The Morgan fingerprint density at radius 1 is 1.18 bits per heavy atom. The van der Waals surface area contributed by atoms with Crippen molar-refractivity contribution in [2.45, 2.75) is 0 Å². The minimum atomic E-state index is -0.871. The molecule has 0 aliphatic heterocycles. The van der Waals surface area contributed by atoms with Crippen LogP contribution < -0.4 is 0 Å². The fourth-order valence-electron chi connectivity index (χ4n) is 1.97. The molecule has 0 saturated carbocycles. The average molecular weight is 302 g/mol. The molecule has 22 heavy (non-hydrogen) atoms. The van der Waals surface area contributed by atoms with E-state index in [4.69, 9.17) is 0 Å². The summed E-state index contributed by atoms with van der Waals surface area (Å²) < 4.78 is 28.8. The summed E-state index contributed by atoms with van der Waals surface area (Å²) in [4.78, 5) is 13.9. The summed E-state index contributed by atoms with van der Waals surface area (Å²) in [5.74, 6) is -1.68. The van der Waals surface area contributed by atoms with Gasteiger partial charge in [-0.15, -0.1) is 5.10 Å². The monoisotopic (exact) mass is 302 g/mol. The highest BCUT2D eigenvalue weighted by molar-refractivity contribution is 5.58. The molecular formula is C14H8F2N4O2. The third kappa shape index (κ3) is 2.41. The first-order valence-electron chi connectivity index (χ1n) is 6.17. The zero-order chi connectivity index (χ0) is 15.7. The van der Waals surface area contributed by atoms with Crippen LogP contribution in [-0.4, -0.2) is 19.7 Å². The van der Waals surface area contributed by atoms with Crippen molar-refractivity contribution in [3.8, 4) is 16.9 Å². The van der Waals surface area contributed by atoms with Gasteiger partial charge in [0.25, 0.3) is 5.69 Å². The van der Waals surface area contributed by atoms with Gasteiger partial charge < -0.3 is 0 Å². The first-order valence-corrected chi connectivity index (χ1v) is 6.17. The highest BCUT2D eigenvalue weighted by atomic mass is 19.1. The smallest absolute Gasteiger partial charge is 0.258 e. The number of nitro benzene ring substituents is 1. The van der Waals surface area contributed by atoms with E-state index in [2.05, 4.69) is 10.1 Å². The Bertz CT molecular complexity index is 849. The molecule has 3 rings (SSSR count). The molecule has 6 nitrogen and oxygen atoms in total. The van der Waals surface area contributed by atoms with Gasteiger partial charge in [0.1, 0.15) is 5.69 Å². The zero-order valence-electron chi connectivity index (χ0n) is 11.0. The molecule has 0 spiro atoms. The summed E-state index contributed by atoms with van der Waals surface area (Å²) in [7, 11) is 0. The van der Waals surface area contributed by atoms with Gasteiger partial charge in [-0.25, -0.2) is 9.07 Å². The second kappa shape index (κ2) is 5.32. The van der Waals surface area contributed by atoms with Crippen molar-refractivity contribution in [3.63, 3.8) is 0 Å². The molecule has 8 heteroatoms. The van der Waals surface area contributed by atoms with Crippen LogP contribution in [0.2, 0.25) is 0 Å². The summed E-state index contributed by atoms with van der Waals surface area (Å²) in [6.07, 6.45) is 2.78. The Labute approximate surface area is 122 Å². The number of hydrogen-bond donors (Lipinski definition) is 0. The Morgan fingerprint density at radius 2 is 2.00 bits per heavy atom. The lowest BCUT2D eigenvalue weighted by molar-refractivity contribution is -0.385. The maximum atomic E-state index is 13.9. The minimum absolute atomic E-state index is 0.0910. The topological polar surface area (TPSA) is 73.8 Å². The van der Waals surface area contributed by atoms with Crippen molar-refractivity contribution in [1.82, 2.24) is 14.8 Å². The molecule has 0 unspecified atom stereocenters. The van der Waals surface area contributed by atoms with Crippen LogP contribution in [0.15, 0.2) is 48.8 Å². The standard InChI is InChI=1S/C14H8F2N4O2/c15-11-7-9(20(21)22)4-5-13(11)19-8-10(14(16)18-19)12-3-1-2-6-17-12/h1-8H. The Balaban J connectivity index is 2.05. The number of halogens is 2. The largest absolute Gasteiger partial charge is 0.272 e. The van der Waals surface area contributed by atoms with Crippen LogP contribution in [0.25, 0.3) is 16.9 Å². The van der Waals surface area contributed by atoms with Crippen molar-refractivity contribution in [2.24, 2.45) is 0 Å². The quantitative estimate of drug-likeness (QED) is 0.550. The second-order valence-corrected chi connectivity index (χ2v) is 4.39. The molecular weight excluding hydrogens is 294 g/mol. The van der Waals surface area contributed by atoms with E-state index in [9.17, 15) is 18.9 Å². The van der Waals surface area contributed by atoms with Gasteiger partial charge in [-0.1, -0.05) is 6.07 Å². The number of hydrogen-bond acceptors (Lipinski definition) is 4. The molecule has 0 aliphatic carbocycles. The molecule has 0 amide bonds. The number of rotatable bonds is 3. The van der Waals surface area contributed by atoms with E-state index in [-0.39, 0.29) is 16.9 Å². The predicted octanol–water partition coefficient (Wildman–Crippen LogP) is 3.12. The number of benzene rings is 1. The predicted molar refractivity (Wildman–Crippen MR) is 73.4 cm³/mol. The van der Waals surface area contributed by atoms with Crippen molar-refractivity contribution < 1.29 is 13.7 Å². The van der Waals surface area contributed by atoms with E-state index >= 15 is 0 Å². The molecule has 0 N–H and O–H groups in total. The summed E-state index contributed by atoms with van der Waals surface area (Å²) in [5.41, 5.74) is -0.0163. The first kappa shape index (κ1) is 13.8. The third-order valence-corrected chi connectivity index (χ3v) is 3.00. The van der Waals surface area contributed by atoms with Crippen LogP contribution in [0, 0.1) is 21.9 Å². The molecule has 0 atom stereocenters. The van der Waals surface area contributed by atoms with Crippen LogP contribution in [0.3, 0.4) is 0 Å². The van der Waals surface area contributed by atoms with Crippen molar-refractivity contribution in [1.29, 1.82) is 0 Å². The van der Waals surface area contributed by atoms with Gasteiger partial charge >= 0.3 is 0 Å². The lowest BCUT2D eigenvalue weighted by Gasteiger charge is -2.02. The van der Waals surface area contributed by atoms with Crippen LogP contribution in [0.1, 0.15) is 0 Å². The van der Waals surface area contributed by atoms with Gasteiger partial charge in [0.15, 0.2) is 5.82 Å². The molecule has 0 radical (unpaired) electrons. The molecule has 2 heterocycles. The highest BCUT2D eigenvalue weighted by Gasteiger charge is 2.16. The molecule has 0 bridgehead atoms. The molecule has 1 aromatic carbocycles. The molecule has 0 fully saturated rings. The highest BCUT2D eigenvalue weighted by Crippen LogP contribution is 2.24. The summed E-state index contributed by atoms with van der Waals surface area (Å²) in [5, 5.41) is 14.2. The Hall–Kier alpha value is -3.16. The van der Waals surface area contributed by atoms with E-state index < -0.39 is 16.7 Å². The van der Waals surface area contributed by atoms with E-state index in [1.807, 2.05) is 0 Å². The van der Waals surface area contributed by atoms with Crippen LogP contribution in [0.4, 0.5) is 14.5 Å². The van der Waals surface area contributed by atoms with E-state index in [0.29, 0.717) is 5.69 Å². The number of non-ortho nitro benzene ring substituents is 1. The Morgan fingerprint density at radius 3 is 2.64 bits per heavy atom. The maximum Gasteiger partial charge on any atom is 0.272 e. The van der Waals surface area contributed by atoms with E-state index in [0.717, 1.165) is 16.8 Å². The molecule has 0 aliphatic rings. The summed E-state index contributed by atoms with van der Waals surface area (Å²) in [6, 6.07) is 8.01. The molecule has 110 valence electrons. The van der Waals surface area contributed by atoms with Gasteiger partial charge in [-0.05, 0) is 18.2 Å². The van der Waals surface area contributed by atoms with Gasteiger partial charge in [0.05, 0.1) is 22.2 Å². The van der Waals surface area contributed by atoms with Crippen molar-refractivity contribution in [3.05, 3.63) is 70.7 Å². The molecule has 3 aromatic rings. The fraction of sp³-hybridized carbons (Fsp3) is 0. The fourth-order valence-corrected chi connectivity index (χ4v) is 1.97. The number of pyridine rings is 1. The first-order chi connectivity index (χ1) is 10.6. The minimum Gasteiger partial charge on any atom is -0.258 e. The van der Waals surface area contributed by atoms with Crippen LogP contribution in [0.5, 0.6) is 0 Å². The third-order valence-electron chi connectivity index (χ3n) is 3.00. The van der Waals surface area contributed by atoms with Crippen LogP contribution >= 0.6 is 0 Å². The van der Waals surface area contributed by atoms with E-state index in [1.54, 1.807) is 18.2 Å². The second-order valence-electron chi connectivity index (χ2n) is 4.39. The SMILES string of the molecule is O=[N+]([O-])c1ccc(-n2cc(-c3ccccn3)c(F)n2)c(F)c1. The lowest BCUT2D eigenvalue weighted by atomic mass is 10.2. The number of nitro groups is 1. The van der Waals surface area contributed by atoms with Crippen molar-refractivity contribution >= 4 is 5.69 Å². The number of nitrogens with zero attached hydrogens (tertiary/aromatic N) is 4. The summed E-state index contributed by atoms with van der Waals surface area (Å²) >= 11 is 0. The van der Waals surface area contributed by atoms with Gasteiger partial charge in [0.2, 0.25) is 5.95 Å². The maximum absolute atomic E-state index is 13.9. The molecule has 2 aromatic heterocycles. The van der Waals surface area contributed by atoms with Gasteiger partial charge in [-0.2, -0.15) is 4.39 Å². The van der Waals surface area contributed by atoms with Gasteiger partial charge in [0, 0.05) is 18.5 Å². The normalized spacial score (nSPS) is 10.6. The summed E-state index contributed by atoms with van der Waals surface area (Å²) in [6.45, 7) is 0. The van der Waals surface area contributed by atoms with Gasteiger partial charge in [-0.3, -0.25) is 15.1 Å². The lowest BCUT2D eigenvalue weighted by Crippen LogP contribution is -2.00. The van der Waals surface area contributed by atoms with Crippen molar-refractivity contribution in [2.75, 3.05) is 0 Å². The zero-order valence-corrected chi connectivity index (χ0v) is 11.0. The number of aromatic nitrogens is 3. The van der Waals surface area contributed by atoms with Crippen LogP contribution in [-0.2, 0) is 0 Å². The average Bonchev–Trinajstić information content (AvgIpc) is 2.89. The van der Waals surface area contributed by atoms with E-state index in [1.165, 1.54) is 18.5 Å².